The predicted octanol–water partition coefficient (Wildman–Crippen LogP) is 1.46. The van der Waals surface area contributed by atoms with E-state index in [2.05, 4.69) is 9.94 Å². The van der Waals surface area contributed by atoms with E-state index >= 15 is 0 Å². The van der Waals surface area contributed by atoms with Crippen LogP contribution in [0.1, 0.15) is 24.1 Å². The van der Waals surface area contributed by atoms with Crippen LogP contribution in [0.15, 0.2) is 11.0 Å². The Morgan fingerprint density at radius 1 is 1.41 bits per heavy atom. The molecule has 1 aliphatic carbocycles. The summed E-state index contributed by atoms with van der Waals surface area (Å²) in [5.41, 5.74) is 2.94. The fourth-order valence-corrected chi connectivity index (χ4v) is 2.62. The van der Waals surface area contributed by atoms with E-state index < -0.39 is 0 Å². The second-order valence-corrected chi connectivity index (χ2v) is 4.37. The molecule has 0 fully saturated rings. The van der Waals surface area contributed by atoms with Gasteiger partial charge in [0.15, 0.2) is 0 Å². The number of nitrogens with zero attached hydrogens (tertiary/aromatic N) is 4. The Bertz CT molecular complexity index is 702. The van der Waals surface area contributed by atoms with Crippen molar-refractivity contribution in [3.05, 3.63) is 39.2 Å². The Hall–Kier alpha value is -2.09. The smallest absolute Gasteiger partial charge is 0.276 e. The molecule has 2 aromatic rings. The Kier molecular flexibility index (Phi) is 2.05. The van der Waals surface area contributed by atoms with E-state index in [-0.39, 0.29) is 5.56 Å². The van der Waals surface area contributed by atoms with Crippen molar-refractivity contribution in [3.8, 4) is 0 Å². The van der Waals surface area contributed by atoms with Crippen LogP contribution in [0.25, 0.3) is 10.5 Å². The average Bonchev–Trinajstić information content (AvgIpc) is 2.80. The molecule has 0 bridgehead atoms. The zero-order valence-electron chi connectivity index (χ0n) is 9.60. The molecule has 0 spiro atoms. The summed E-state index contributed by atoms with van der Waals surface area (Å²) in [6, 6.07) is 0. The minimum atomic E-state index is -0.0531. The Balaban J connectivity index is 2.51. The highest BCUT2D eigenvalue weighted by Gasteiger charge is 2.20. The van der Waals surface area contributed by atoms with E-state index in [1.165, 1.54) is 10.7 Å². The molecule has 0 aromatic carbocycles. The number of rotatable bonds is 0. The zero-order chi connectivity index (χ0) is 12.0. The summed E-state index contributed by atoms with van der Waals surface area (Å²) >= 11 is 0. The Morgan fingerprint density at radius 2 is 2.18 bits per heavy atom. The molecule has 5 nitrogen and oxygen atoms in total. The molecular weight excluding hydrogens is 216 g/mol. The van der Waals surface area contributed by atoms with Gasteiger partial charge in [-0.2, -0.15) is 9.61 Å². The molecule has 1 aliphatic rings. The molecule has 0 unspecified atom stereocenters. The monoisotopic (exact) mass is 228 g/mol. The lowest BCUT2D eigenvalue weighted by atomic mass is 9.97. The third-order valence-electron chi connectivity index (χ3n) is 3.46. The average molecular weight is 228 g/mol. The van der Waals surface area contributed by atoms with Crippen LogP contribution in [0, 0.1) is 6.57 Å². The highest BCUT2D eigenvalue weighted by Crippen LogP contribution is 2.24. The van der Waals surface area contributed by atoms with Crippen molar-refractivity contribution in [3.63, 3.8) is 0 Å². The SMILES string of the molecule is [C-]#[N+]c1cnn2c(=O)c3c(n(C)c12)CCCC3. The number of fused-ring (bicyclic) bond motifs is 2. The number of hydrogen-bond acceptors (Lipinski definition) is 2. The van der Waals surface area contributed by atoms with Crippen molar-refractivity contribution >= 4 is 11.3 Å². The molecule has 2 heterocycles. The van der Waals surface area contributed by atoms with Crippen molar-refractivity contribution in [2.24, 2.45) is 7.05 Å². The largest absolute Gasteiger partial charge is 0.341 e. The molecule has 5 heteroatoms. The van der Waals surface area contributed by atoms with Gasteiger partial charge < -0.3 is 4.57 Å². The van der Waals surface area contributed by atoms with Crippen molar-refractivity contribution in [2.45, 2.75) is 25.7 Å². The van der Waals surface area contributed by atoms with Gasteiger partial charge in [-0.05, 0) is 25.7 Å². The lowest BCUT2D eigenvalue weighted by Gasteiger charge is -2.19. The molecule has 0 amide bonds. The summed E-state index contributed by atoms with van der Waals surface area (Å²) in [5, 5.41) is 4.03. The van der Waals surface area contributed by atoms with E-state index in [9.17, 15) is 4.79 Å². The Morgan fingerprint density at radius 3 is 2.94 bits per heavy atom. The van der Waals surface area contributed by atoms with Crippen LogP contribution in [0.2, 0.25) is 0 Å². The van der Waals surface area contributed by atoms with E-state index in [4.69, 9.17) is 6.57 Å². The normalized spacial score (nSPS) is 14.6. The van der Waals surface area contributed by atoms with Crippen LogP contribution in [-0.4, -0.2) is 14.2 Å². The molecule has 17 heavy (non-hydrogen) atoms. The first-order chi connectivity index (χ1) is 8.24. The summed E-state index contributed by atoms with van der Waals surface area (Å²) in [5.74, 6) is 0. The highest BCUT2D eigenvalue weighted by atomic mass is 16.1. The van der Waals surface area contributed by atoms with Crippen LogP contribution in [0.3, 0.4) is 0 Å². The van der Waals surface area contributed by atoms with Gasteiger partial charge in [-0.25, -0.2) is 4.85 Å². The molecule has 3 rings (SSSR count). The number of aromatic nitrogens is 3. The van der Waals surface area contributed by atoms with E-state index in [1.54, 1.807) is 0 Å². The zero-order valence-corrected chi connectivity index (χ0v) is 9.60. The summed E-state index contributed by atoms with van der Waals surface area (Å²) < 4.78 is 3.31. The highest BCUT2D eigenvalue weighted by molar-refractivity contribution is 5.68. The van der Waals surface area contributed by atoms with Crippen molar-refractivity contribution in [1.29, 1.82) is 0 Å². The lowest BCUT2D eigenvalue weighted by molar-refractivity contribution is 0.616. The molecule has 0 N–H and O–H groups in total. The summed E-state index contributed by atoms with van der Waals surface area (Å²) in [6.45, 7) is 7.11. The molecule has 0 radical (unpaired) electrons. The van der Waals surface area contributed by atoms with Gasteiger partial charge in [0.2, 0.25) is 5.69 Å². The van der Waals surface area contributed by atoms with Gasteiger partial charge in [-0.3, -0.25) is 4.79 Å². The molecule has 0 saturated carbocycles. The summed E-state index contributed by atoms with van der Waals surface area (Å²) in [7, 11) is 1.91. The van der Waals surface area contributed by atoms with Crippen LogP contribution in [0.5, 0.6) is 0 Å². The fourth-order valence-electron chi connectivity index (χ4n) is 2.62. The first-order valence-electron chi connectivity index (χ1n) is 5.70. The molecule has 0 aliphatic heterocycles. The lowest BCUT2D eigenvalue weighted by Crippen LogP contribution is -2.27. The van der Waals surface area contributed by atoms with Crippen LogP contribution in [-0.2, 0) is 19.9 Å². The van der Waals surface area contributed by atoms with E-state index in [0.717, 1.165) is 36.9 Å². The maximum Gasteiger partial charge on any atom is 0.276 e. The van der Waals surface area contributed by atoms with Crippen molar-refractivity contribution in [2.75, 3.05) is 0 Å². The maximum absolute atomic E-state index is 12.2. The van der Waals surface area contributed by atoms with Crippen LogP contribution >= 0.6 is 0 Å². The van der Waals surface area contributed by atoms with Gasteiger partial charge in [0.1, 0.15) is 5.65 Å². The summed E-state index contributed by atoms with van der Waals surface area (Å²) in [4.78, 5) is 15.7. The first-order valence-corrected chi connectivity index (χ1v) is 5.70. The van der Waals surface area contributed by atoms with E-state index in [0.29, 0.717) is 11.3 Å². The second kappa shape index (κ2) is 3.45. The maximum atomic E-state index is 12.2. The minimum Gasteiger partial charge on any atom is -0.341 e. The summed E-state index contributed by atoms with van der Waals surface area (Å²) in [6.07, 6.45) is 5.38. The van der Waals surface area contributed by atoms with Crippen LogP contribution in [0.4, 0.5) is 5.69 Å². The standard InChI is InChI=1S/C12H12N4O/c1-13-9-7-14-16-11(9)15(2)10-6-4-3-5-8(10)12(16)17/h7H,3-6H2,2H3. The fraction of sp³-hybridized carbons (Fsp3) is 0.417. The topological polar surface area (TPSA) is 43.7 Å². The van der Waals surface area contributed by atoms with Crippen LogP contribution < -0.4 is 5.56 Å². The third kappa shape index (κ3) is 1.24. The minimum absolute atomic E-state index is 0.0531. The molecule has 0 atom stereocenters. The second-order valence-electron chi connectivity index (χ2n) is 4.37. The van der Waals surface area contributed by atoms with Gasteiger partial charge >= 0.3 is 0 Å². The third-order valence-corrected chi connectivity index (χ3v) is 3.46. The molecule has 86 valence electrons. The van der Waals surface area contributed by atoms with Gasteiger partial charge in [0.05, 0.1) is 12.8 Å². The molecule has 2 aromatic heterocycles. The van der Waals surface area contributed by atoms with Crippen molar-refractivity contribution < 1.29 is 0 Å². The Labute approximate surface area is 98.1 Å². The predicted molar refractivity (Wildman–Crippen MR) is 63.3 cm³/mol. The van der Waals surface area contributed by atoms with Crippen molar-refractivity contribution in [1.82, 2.24) is 14.2 Å². The number of hydrogen-bond donors (Lipinski definition) is 0. The molecular formula is C12H12N4O. The van der Waals surface area contributed by atoms with Gasteiger partial charge in [0.25, 0.3) is 5.56 Å². The van der Waals surface area contributed by atoms with Gasteiger partial charge in [0, 0.05) is 18.3 Å². The van der Waals surface area contributed by atoms with Gasteiger partial charge in [-0.1, -0.05) is 0 Å². The first kappa shape index (κ1) is 10.1. The number of aryl methyl sites for hydroxylation is 1. The molecule has 0 saturated heterocycles. The quantitative estimate of drug-likeness (QED) is 0.641. The van der Waals surface area contributed by atoms with Gasteiger partial charge in [-0.15, -0.1) is 0 Å². The van der Waals surface area contributed by atoms with E-state index in [1.807, 2.05) is 11.6 Å².